The lowest BCUT2D eigenvalue weighted by atomic mass is 10.1. The number of aliphatic imine (C=N–C) groups is 1. The first-order valence-electron chi connectivity index (χ1n) is 9.30. The van der Waals surface area contributed by atoms with Crippen LogP contribution in [-0.4, -0.2) is 12.8 Å². The second-order valence-electron chi connectivity index (χ2n) is 6.58. The maximum absolute atomic E-state index is 6.04. The highest BCUT2D eigenvalue weighted by Gasteiger charge is 2.07. The molecule has 28 heavy (non-hydrogen) atoms. The van der Waals surface area contributed by atoms with Crippen LogP contribution in [0.2, 0.25) is 5.02 Å². The number of hydrogen-bond acceptors (Lipinski definition) is 3. The van der Waals surface area contributed by atoms with Gasteiger partial charge in [-0.25, -0.2) is 0 Å². The van der Waals surface area contributed by atoms with Crippen LogP contribution in [0.1, 0.15) is 29.2 Å². The van der Waals surface area contributed by atoms with Gasteiger partial charge in [-0.05, 0) is 85.5 Å². The van der Waals surface area contributed by atoms with Gasteiger partial charge in [0.05, 0.1) is 12.3 Å². The van der Waals surface area contributed by atoms with Crippen LogP contribution >= 0.6 is 11.6 Å². The van der Waals surface area contributed by atoms with Crippen molar-refractivity contribution in [2.75, 3.05) is 6.61 Å². The maximum Gasteiger partial charge on any atom is 0.161 e. The van der Waals surface area contributed by atoms with E-state index in [-0.39, 0.29) is 0 Å². The highest BCUT2D eigenvalue weighted by molar-refractivity contribution is 6.30. The van der Waals surface area contributed by atoms with Gasteiger partial charge in [0, 0.05) is 11.2 Å². The zero-order valence-electron chi connectivity index (χ0n) is 16.4. The molecule has 144 valence electrons. The van der Waals surface area contributed by atoms with E-state index < -0.39 is 0 Å². The minimum atomic E-state index is 0.427. The predicted octanol–water partition coefficient (Wildman–Crippen LogP) is 6.69. The average molecular weight is 394 g/mol. The molecule has 3 nitrogen and oxygen atoms in total. The van der Waals surface area contributed by atoms with E-state index in [2.05, 4.69) is 31.0 Å². The first-order chi connectivity index (χ1) is 13.5. The number of benzene rings is 3. The molecule has 0 aliphatic heterocycles. The van der Waals surface area contributed by atoms with Gasteiger partial charge in [0.1, 0.15) is 6.61 Å². The lowest BCUT2D eigenvalue weighted by Gasteiger charge is -2.13. The molecule has 3 aromatic carbocycles. The Bertz CT molecular complexity index is 982. The molecule has 0 atom stereocenters. The normalized spacial score (nSPS) is 11.0. The fourth-order valence-corrected chi connectivity index (χ4v) is 2.95. The standard InChI is InChI=1S/C24H24ClNO2/c1-4-27-24-14-19(15-26-22-10-8-17(2)18(3)12-22)9-11-23(24)28-16-20-6-5-7-21(25)13-20/h5-15H,4,16H2,1-3H3. The fraction of sp³-hybridized carbons (Fsp3) is 0.208. The first kappa shape index (κ1) is 20.0. The van der Waals surface area contributed by atoms with Gasteiger partial charge in [-0.3, -0.25) is 4.99 Å². The van der Waals surface area contributed by atoms with Crippen LogP contribution in [-0.2, 0) is 6.61 Å². The van der Waals surface area contributed by atoms with Crippen LogP contribution in [0, 0.1) is 13.8 Å². The molecule has 0 aromatic heterocycles. The molecule has 0 aliphatic rings. The van der Waals surface area contributed by atoms with Crippen LogP contribution < -0.4 is 9.47 Å². The summed E-state index contributed by atoms with van der Waals surface area (Å²) in [5, 5.41) is 0.698. The minimum absolute atomic E-state index is 0.427. The summed E-state index contributed by atoms with van der Waals surface area (Å²) in [6.45, 7) is 7.13. The van der Waals surface area contributed by atoms with E-state index >= 15 is 0 Å². The Morgan fingerprint density at radius 2 is 1.75 bits per heavy atom. The summed E-state index contributed by atoms with van der Waals surface area (Å²) in [4.78, 5) is 4.58. The van der Waals surface area contributed by atoms with Gasteiger partial charge >= 0.3 is 0 Å². The van der Waals surface area contributed by atoms with Crippen molar-refractivity contribution in [2.45, 2.75) is 27.4 Å². The number of rotatable bonds is 7. The molecule has 3 rings (SSSR count). The van der Waals surface area contributed by atoms with Gasteiger partial charge in [-0.1, -0.05) is 29.8 Å². The largest absolute Gasteiger partial charge is 0.490 e. The summed E-state index contributed by atoms with van der Waals surface area (Å²) >= 11 is 6.04. The minimum Gasteiger partial charge on any atom is -0.490 e. The van der Waals surface area contributed by atoms with Crippen molar-refractivity contribution in [2.24, 2.45) is 4.99 Å². The number of aryl methyl sites for hydroxylation is 2. The molecule has 0 amide bonds. The van der Waals surface area contributed by atoms with Crippen LogP contribution in [0.25, 0.3) is 0 Å². The van der Waals surface area contributed by atoms with E-state index in [0.717, 1.165) is 16.8 Å². The zero-order valence-corrected chi connectivity index (χ0v) is 17.2. The molecular formula is C24H24ClNO2. The van der Waals surface area contributed by atoms with Crippen molar-refractivity contribution in [1.82, 2.24) is 0 Å². The maximum atomic E-state index is 6.04. The SMILES string of the molecule is CCOc1cc(C=Nc2ccc(C)c(C)c2)ccc1OCc1cccc(Cl)c1. The van der Waals surface area contributed by atoms with Gasteiger partial charge in [0.25, 0.3) is 0 Å². The Morgan fingerprint density at radius 3 is 2.50 bits per heavy atom. The number of nitrogens with zero attached hydrogens (tertiary/aromatic N) is 1. The third-order valence-electron chi connectivity index (χ3n) is 4.40. The van der Waals surface area contributed by atoms with Crippen LogP contribution in [0.5, 0.6) is 11.5 Å². The van der Waals surface area contributed by atoms with Gasteiger partial charge in [-0.15, -0.1) is 0 Å². The summed E-state index contributed by atoms with van der Waals surface area (Å²) < 4.78 is 11.7. The quantitative estimate of drug-likeness (QED) is 0.419. The predicted molar refractivity (Wildman–Crippen MR) is 117 cm³/mol. The number of hydrogen-bond donors (Lipinski definition) is 0. The molecule has 0 fully saturated rings. The van der Waals surface area contributed by atoms with Crippen molar-refractivity contribution >= 4 is 23.5 Å². The van der Waals surface area contributed by atoms with E-state index in [0.29, 0.717) is 29.7 Å². The lowest BCUT2D eigenvalue weighted by Crippen LogP contribution is -2.00. The van der Waals surface area contributed by atoms with Gasteiger partial charge < -0.3 is 9.47 Å². The average Bonchev–Trinajstić information content (AvgIpc) is 2.68. The third kappa shape index (κ3) is 5.37. The van der Waals surface area contributed by atoms with Crippen molar-refractivity contribution in [3.63, 3.8) is 0 Å². The summed E-state index contributed by atoms with van der Waals surface area (Å²) in [6, 6.07) is 19.7. The molecule has 0 spiro atoms. The van der Waals surface area contributed by atoms with Crippen LogP contribution in [0.15, 0.2) is 65.7 Å². The van der Waals surface area contributed by atoms with Crippen molar-refractivity contribution in [3.8, 4) is 11.5 Å². The molecule has 0 saturated heterocycles. The van der Waals surface area contributed by atoms with E-state index in [1.165, 1.54) is 11.1 Å². The molecule has 3 aromatic rings. The lowest BCUT2D eigenvalue weighted by molar-refractivity contribution is 0.269. The zero-order chi connectivity index (χ0) is 19.9. The molecule has 0 aliphatic carbocycles. The van der Waals surface area contributed by atoms with Gasteiger partial charge in [0.15, 0.2) is 11.5 Å². The highest BCUT2D eigenvalue weighted by Crippen LogP contribution is 2.29. The summed E-state index contributed by atoms with van der Waals surface area (Å²) in [6.07, 6.45) is 1.84. The molecule has 0 bridgehead atoms. The van der Waals surface area contributed by atoms with E-state index in [1.807, 2.05) is 61.7 Å². The highest BCUT2D eigenvalue weighted by atomic mass is 35.5. The summed E-state index contributed by atoms with van der Waals surface area (Å²) in [7, 11) is 0. The van der Waals surface area contributed by atoms with Gasteiger partial charge in [-0.2, -0.15) is 0 Å². The van der Waals surface area contributed by atoms with Crippen LogP contribution in [0.4, 0.5) is 5.69 Å². The Balaban J connectivity index is 1.76. The first-order valence-corrected chi connectivity index (χ1v) is 9.68. The molecule has 0 heterocycles. The van der Waals surface area contributed by atoms with Crippen molar-refractivity contribution in [1.29, 1.82) is 0 Å². The second kappa shape index (κ2) is 9.43. The Hall–Kier alpha value is -2.78. The van der Waals surface area contributed by atoms with E-state index in [9.17, 15) is 0 Å². The molecule has 4 heteroatoms. The van der Waals surface area contributed by atoms with Crippen molar-refractivity contribution in [3.05, 3.63) is 87.9 Å². The number of halogens is 1. The molecule has 0 unspecified atom stereocenters. The smallest absolute Gasteiger partial charge is 0.161 e. The fourth-order valence-electron chi connectivity index (χ4n) is 2.74. The second-order valence-corrected chi connectivity index (χ2v) is 7.02. The molecule has 0 N–H and O–H groups in total. The molecular weight excluding hydrogens is 370 g/mol. The third-order valence-corrected chi connectivity index (χ3v) is 4.64. The Labute approximate surface area is 171 Å². The monoisotopic (exact) mass is 393 g/mol. The van der Waals surface area contributed by atoms with E-state index in [4.69, 9.17) is 21.1 Å². The number of ether oxygens (including phenoxy) is 2. The Morgan fingerprint density at radius 1 is 0.893 bits per heavy atom. The Kier molecular flexibility index (Phi) is 6.72. The molecule has 0 saturated carbocycles. The molecule has 0 radical (unpaired) electrons. The van der Waals surface area contributed by atoms with Crippen molar-refractivity contribution < 1.29 is 9.47 Å². The van der Waals surface area contributed by atoms with Crippen LogP contribution in [0.3, 0.4) is 0 Å². The summed E-state index contributed by atoms with van der Waals surface area (Å²) in [5.41, 5.74) is 5.39. The van der Waals surface area contributed by atoms with E-state index in [1.54, 1.807) is 0 Å². The van der Waals surface area contributed by atoms with Gasteiger partial charge in [0.2, 0.25) is 0 Å². The topological polar surface area (TPSA) is 30.8 Å². The summed E-state index contributed by atoms with van der Waals surface area (Å²) in [5.74, 6) is 1.40.